The summed E-state index contributed by atoms with van der Waals surface area (Å²) >= 11 is 0. The van der Waals surface area contributed by atoms with E-state index in [1.165, 1.54) is 6.20 Å². The van der Waals surface area contributed by atoms with Crippen molar-refractivity contribution < 1.29 is 0 Å². The van der Waals surface area contributed by atoms with Crippen molar-refractivity contribution in [2.75, 3.05) is 18.0 Å². The average Bonchev–Trinajstić information content (AvgIpc) is 2.65. The fraction of sp³-hybridized carbons (Fsp3) is 0.444. The molecule has 5 nitrogen and oxygen atoms in total. The third kappa shape index (κ3) is 1.52. The summed E-state index contributed by atoms with van der Waals surface area (Å²) in [6.45, 7) is 1.61. The molecule has 1 aliphatic heterocycles. The van der Waals surface area contributed by atoms with E-state index in [0.29, 0.717) is 11.5 Å². The predicted molar refractivity (Wildman–Crippen MR) is 51.6 cm³/mol. The Morgan fingerprint density at radius 3 is 2.93 bits per heavy atom. The first kappa shape index (κ1) is 8.91. The molecule has 72 valence electrons. The number of nitrogens with two attached hydrogens (primary N) is 1. The minimum absolute atomic E-state index is 0.184. The van der Waals surface area contributed by atoms with Crippen LogP contribution in [0.25, 0.3) is 0 Å². The van der Waals surface area contributed by atoms with Gasteiger partial charge in [-0.05, 0) is 6.42 Å². The van der Waals surface area contributed by atoms with Crippen molar-refractivity contribution in [3.63, 3.8) is 0 Å². The summed E-state index contributed by atoms with van der Waals surface area (Å²) in [6.07, 6.45) is 4.07. The van der Waals surface area contributed by atoms with Gasteiger partial charge in [0.1, 0.15) is 6.07 Å². The van der Waals surface area contributed by atoms with Crippen molar-refractivity contribution in [3.05, 3.63) is 18.1 Å². The molecule has 1 aromatic rings. The van der Waals surface area contributed by atoms with E-state index in [0.717, 1.165) is 19.5 Å². The van der Waals surface area contributed by atoms with Gasteiger partial charge in [0.2, 0.25) is 0 Å². The van der Waals surface area contributed by atoms with E-state index in [4.69, 9.17) is 11.0 Å². The number of hydrogen-bond donors (Lipinski definition) is 1. The summed E-state index contributed by atoms with van der Waals surface area (Å²) < 4.78 is 0. The Bertz CT molecular complexity index is 370. The third-order valence-electron chi connectivity index (χ3n) is 2.31. The lowest BCUT2D eigenvalue weighted by Gasteiger charge is -2.16. The maximum atomic E-state index is 8.83. The van der Waals surface area contributed by atoms with Crippen LogP contribution < -0.4 is 10.6 Å². The van der Waals surface area contributed by atoms with Crippen LogP contribution in [0, 0.1) is 11.3 Å². The van der Waals surface area contributed by atoms with E-state index < -0.39 is 0 Å². The van der Waals surface area contributed by atoms with Crippen LogP contribution in [0.3, 0.4) is 0 Å². The Balaban J connectivity index is 2.28. The Morgan fingerprint density at radius 1 is 1.50 bits per heavy atom. The number of hydrogen-bond acceptors (Lipinski definition) is 5. The van der Waals surface area contributed by atoms with Crippen LogP contribution in [0.2, 0.25) is 0 Å². The first-order valence-electron chi connectivity index (χ1n) is 4.53. The van der Waals surface area contributed by atoms with E-state index >= 15 is 0 Å². The summed E-state index contributed by atoms with van der Waals surface area (Å²) in [5, 5.41) is 8.83. The molecule has 0 bridgehead atoms. The number of nitriles is 1. The molecule has 14 heavy (non-hydrogen) atoms. The summed E-state index contributed by atoms with van der Waals surface area (Å²) in [6, 6.07) is 2.22. The lowest BCUT2D eigenvalue weighted by Crippen LogP contribution is -2.27. The molecule has 2 rings (SSSR count). The molecule has 0 unspecified atom stereocenters. The van der Waals surface area contributed by atoms with Gasteiger partial charge in [-0.3, -0.25) is 0 Å². The molecule has 0 aromatic carbocycles. The highest BCUT2D eigenvalue weighted by molar-refractivity contribution is 5.50. The van der Waals surface area contributed by atoms with E-state index in [-0.39, 0.29) is 6.04 Å². The smallest absolute Gasteiger partial charge is 0.183 e. The molecule has 1 fully saturated rings. The Morgan fingerprint density at radius 2 is 2.29 bits per heavy atom. The molecule has 2 heterocycles. The van der Waals surface area contributed by atoms with Gasteiger partial charge in [-0.25, -0.2) is 9.97 Å². The molecule has 2 N–H and O–H groups in total. The second-order valence-corrected chi connectivity index (χ2v) is 3.34. The maximum absolute atomic E-state index is 8.83. The van der Waals surface area contributed by atoms with Crippen LogP contribution in [0.1, 0.15) is 12.1 Å². The van der Waals surface area contributed by atoms with E-state index in [2.05, 4.69) is 9.97 Å². The monoisotopic (exact) mass is 189 g/mol. The summed E-state index contributed by atoms with van der Waals surface area (Å²) in [5.74, 6) is 0.656. The molecular weight excluding hydrogens is 178 g/mol. The van der Waals surface area contributed by atoms with Crippen LogP contribution in [-0.2, 0) is 0 Å². The highest BCUT2D eigenvalue weighted by Crippen LogP contribution is 2.18. The summed E-state index contributed by atoms with van der Waals surface area (Å²) in [4.78, 5) is 10.1. The van der Waals surface area contributed by atoms with Gasteiger partial charge >= 0.3 is 0 Å². The lowest BCUT2D eigenvalue weighted by atomic mass is 10.3. The van der Waals surface area contributed by atoms with Gasteiger partial charge in [0, 0.05) is 31.5 Å². The standard InChI is InChI=1S/C9H11N5/c10-5-8-9(13-3-2-12-8)14-4-1-7(11)6-14/h2-3,7H,1,4,6,11H2/t7-/m0/s1. The van der Waals surface area contributed by atoms with Crippen LogP contribution >= 0.6 is 0 Å². The lowest BCUT2D eigenvalue weighted by molar-refractivity contribution is 0.751. The van der Waals surface area contributed by atoms with Crippen molar-refractivity contribution >= 4 is 5.82 Å². The normalized spacial score (nSPS) is 20.9. The molecular formula is C9H11N5. The van der Waals surface area contributed by atoms with Crippen molar-refractivity contribution in [1.29, 1.82) is 5.26 Å². The molecule has 1 atom stereocenters. The number of anilines is 1. The van der Waals surface area contributed by atoms with Gasteiger partial charge in [-0.1, -0.05) is 0 Å². The van der Waals surface area contributed by atoms with Crippen molar-refractivity contribution in [1.82, 2.24) is 9.97 Å². The Kier molecular flexibility index (Phi) is 2.29. The quantitative estimate of drug-likeness (QED) is 0.666. The molecule has 0 radical (unpaired) electrons. The molecule has 1 aliphatic rings. The third-order valence-corrected chi connectivity index (χ3v) is 2.31. The van der Waals surface area contributed by atoms with Crippen LogP contribution in [0.15, 0.2) is 12.4 Å². The van der Waals surface area contributed by atoms with Gasteiger partial charge in [0.15, 0.2) is 11.5 Å². The van der Waals surface area contributed by atoms with Crippen molar-refractivity contribution in [2.45, 2.75) is 12.5 Å². The second kappa shape index (κ2) is 3.60. The van der Waals surface area contributed by atoms with E-state index in [9.17, 15) is 0 Å². The van der Waals surface area contributed by atoms with Gasteiger partial charge in [0.25, 0.3) is 0 Å². The maximum Gasteiger partial charge on any atom is 0.183 e. The Labute approximate surface area is 82.2 Å². The highest BCUT2D eigenvalue weighted by Gasteiger charge is 2.22. The second-order valence-electron chi connectivity index (χ2n) is 3.34. The van der Waals surface area contributed by atoms with E-state index in [1.54, 1.807) is 6.20 Å². The topological polar surface area (TPSA) is 78.8 Å². The fourth-order valence-corrected chi connectivity index (χ4v) is 1.62. The summed E-state index contributed by atoms with van der Waals surface area (Å²) in [7, 11) is 0. The molecule has 0 saturated carbocycles. The molecule has 1 aromatic heterocycles. The van der Waals surface area contributed by atoms with E-state index in [1.807, 2.05) is 11.0 Å². The zero-order chi connectivity index (χ0) is 9.97. The minimum atomic E-state index is 0.184. The van der Waals surface area contributed by atoms with Crippen molar-refractivity contribution in [3.8, 4) is 6.07 Å². The SMILES string of the molecule is N#Cc1nccnc1N1CC[C@H](N)C1. The first-order chi connectivity index (χ1) is 6.81. The fourth-order valence-electron chi connectivity index (χ4n) is 1.62. The van der Waals surface area contributed by atoms with Crippen LogP contribution in [-0.4, -0.2) is 29.1 Å². The molecule has 0 aliphatic carbocycles. The largest absolute Gasteiger partial charge is 0.353 e. The van der Waals surface area contributed by atoms with Crippen molar-refractivity contribution in [2.24, 2.45) is 5.73 Å². The number of aromatic nitrogens is 2. The van der Waals surface area contributed by atoms with Gasteiger partial charge in [-0.15, -0.1) is 0 Å². The first-order valence-corrected chi connectivity index (χ1v) is 4.53. The highest BCUT2D eigenvalue weighted by atomic mass is 15.2. The molecule has 0 amide bonds. The zero-order valence-electron chi connectivity index (χ0n) is 7.72. The Hall–Kier alpha value is -1.67. The van der Waals surface area contributed by atoms with Gasteiger partial charge in [0.05, 0.1) is 0 Å². The molecule has 1 saturated heterocycles. The number of nitrogens with zero attached hydrogens (tertiary/aromatic N) is 4. The zero-order valence-corrected chi connectivity index (χ0v) is 7.72. The van der Waals surface area contributed by atoms with Gasteiger partial charge < -0.3 is 10.6 Å². The van der Waals surface area contributed by atoms with Gasteiger partial charge in [-0.2, -0.15) is 5.26 Å². The van der Waals surface area contributed by atoms with Crippen LogP contribution in [0.4, 0.5) is 5.82 Å². The minimum Gasteiger partial charge on any atom is -0.353 e. The molecule has 5 heteroatoms. The average molecular weight is 189 g/mol. The predicted octanol–water partition coefficient (Wildman–Crippen LogP) is -0.114. The number of rotatable bonds is 1. The summed E-state index contributed by atoms with van der Waals surface area (Å²) in [5.41, 5.74) is 6.16. The van der Waals surface area contributed by atoms with Crippen LogP contribution in [0.5, 0.6) is 0 Å². The molecule has 0 spiro atoms.